The van der Waals surface area contributed by atoms with Crippen molar-refractivity contribution in [3.63, 3.8) is 0 Å². The number of hydrogen-bond donors (Lipinski definition) is 0. The second-order valence-corrected chi connectivity index (χ2v) is 6.05. The van der Waals surface area contributed by atoms with Gasteiger partial charge in [0.15, 0.2) is 0 Å². The normalized spacial score (nSPS) is 30.2. The number of rotatable bonds is 4. The minimum Gasteiger partial charge on any atom is -0.459 e. The molecule has 4 nitrogen and oxygen atoms in total. The van der Waals surface area contributed by atoms with Crippen LogP contribution in [-0.4, -0.2) is 49.8 Å². The van der Waals surface area contributed by atoms with Crippen molar-refractivity contribution in [1.29, 1.82) is 0 Å². The maximum atomic E-state index is 12.0. The number of piperidine rings is 1. The van der Waals surface area contributed by atoms with E-state index in [2.05, 4.69) is 11.8 Å². The van der Waals surface area contributed by atoms with E-state index >= 15 is 0 Å². The van der Waals surface area contributed by atoms with Gasteiger partial charge in [0.1, 0.15) is 6.10 Å². The average molecular weight is 269 g/mol. The van der Waals surface area contributed by atoms with Crippen LogP contribution in [0.25, 0.3) is 0 Å². The molecular weight excluding hydrogens is 242 g/mol. The van der Waals surface area contributed by atoms with Crippen molar-refractivity contribution in [3.05, 3.63) is 0 Å². The quantitative estimate of drug-likeness (QED) is 0.734. The summed E-state index contributed by atoms with van der Waals surface area (Å²) in [7, 11) is 1.71. The summed E-state index contributed by atoms with van der Waals surface area (Å²) in [4.78, 5) is 14.2. The highest BCUT2D eigenvalue weighted by atomic mass is 16.6. The summed E-state index contributed by atoms with van der Waals surface area (Å²) in [6.07, 6.45) is 6.72. The molecule has 0 N–H and O–H groups in total. The molecule has 110 valence electrons. The lowest BCUT2D eigenvalue weighted by Crippen LogP contribution is -2.41. The number of ether oxygens (including phenoxy) is 2. The van der Waals surface area contributed by atoms with Gasteiger partial charge in [0.2, 0.25) is 0 Å². The Morgan fingerprint density at radius 1 is 1.11 bits per heavy atom. The highest BCUT2D eigenvalue weighted by molar-refractivity contribution is 5.72. The van der Waals surface area contributed by atoms with E-state index in [1.54, 1.807) is 7.11 Å². The van der Waals surface area contributed by atoms with Crippen LogP contribution >= 0.6 is 0 Å². The minimum absolute atomic E-state index is 0.0324. The SMILES string of the molecule is COC1CCCCC1OC(=O)CN1CCC(C)CC1. The van der Waals surface area contributed by atoms with E-state index in [0.717, 1.165) is 38.3 Å². The van der Waals surface area contributed by atoms with Crippen molar-refractivity contribution in [1.82, 2.24) is 4.90 Å². The van der Waals surface area contributed by atoms with Crippen LogP contribution in [0.15, 0.2) is 0 Å². The molecule has 0 spiro atoms. The fourth-order valence-electron chi connectivity index (χ4n) is 3.08. The Hall–Kier alpha value is -0.610. The standard InChI is InChI=1S/C15H27NO3/c1-12-7-9-16(10-8-12)11-15(17)19-14-6-4-3-5-13(14)18-2/h12-14H,3-11H2,1-2H3. The average Bonchev–Trinajstić information content (AvgIpc) is 2.42. The Morgan fingerprint density at radius 2 is 1.74 bits per heavy atom. The summed E-state index contributed by atoms with van der Waals surface area (Å²) in [5.74, 6) is 0.715. The number of carbonyl (C=O) groups is 1. The van der Waals surface area contributed by atoms with Gasteiger partial charge < -0.3 is 9.47 Å². The zero-order valence-corrected chi connectivity index (χ0v) is 12.3. The van der Waals surface area contributed by atoms with E-state index < -0.39 is 0 Å². The Kier molecular flexibility index (Phi) is 5.64. The molecule has 0 bridgehead atoms. The molecule has 1 aliphatic heterocycles. The van der Waals surface area contributed by atoms with E-state index in [1.807, 2.05) is 0 Å². The van der Waals surface area contributed by atoms with Crippen molar-refractivity contribution in [2.75, 3.05) is 26.7 Å². The van der Waals surface area contributed by atoms with Crippen LogP contribution in [0, 0.1) is 5.92 Å². The minimum atomic E-state index is -0.0801. The van der Waals surface area contributed by atoms with Crippen LogP contribution in [0.5, 0.6) is 0 Å². The molecule has 4 heteroatoms. The number of methoxy groups -OCH3 is 1. The number of nitrogens with zero attached hydrogens (tertiary/aromatic N) is 1. The van der Waals surface area contributed by atoms with Crippen LogP contribution < -0.4 is 0 Å². The molecule has 1 aliphatic carbocycles. The first-order chi connectivity index (χ1) is 9.19. The van der Waals surface area contributed by atoms with E-state index in [9.17, 15) is 4.79 Å². The van der Waals surface area contributed by atoms with Gasteiger partial charge in [0, 0.05) is 7.11 Å². The lowest BCUT2D eigenvalue weighted by atomic mass is 9.94. The lowest BCUT2D eigenvalue weighted by molar-refractivity contribution is -0.160. The molecule has 2 unspecified atom stereocenters. The van der Waals surface area contributed by atoms with E-state index in [1.165, 1.54) is 19.3 Å². The molecule has 0 aromatic rings. The predicted molar refractivity (Wildman–Crippen MR) is 74.0 cm³/mol. The fraction of sp³-hybridized carbons (Fsp3) is 0.933. The molecule has 0 aromatic heterocycles. The number of hydrogen-bond acceptors (Lipinski definition) is 4. The van der Waals surface area contributed by atoms with Gasteiger partial charge >= 0.3 is 5.97 Å². The monoisotopic (exact) mass is 269 g/mol. The topological polar surface area (TPSA) is 38.8 Å². The van der Waals surface area contributed by atoms with E-state index in [4.69, 9.17) is 9.47 Å². The van der Waals surface area contributed by atoms with Gasteiger partial charge in [-0.2, -0.15) is 0 Å². The van der Waals surface area contributed by atoms with Crippen molar-refractivity contribution >= 4 is 5.97 Å². The van der Waals surface area contributed by atoms with E-state index in [-0.39, 0.29) is 18.2 Å². The highest BCUT2D eigenvalue weighted by Gasteiger charge is 2.29. The third kappa shape index (κ3) is 4.46. The largest absolute Gasteiger partial charge is 0.459 e. The van der Waals surface area contributed by atoms with Crippen molar-refractivity contribution in [3.8, 4) is 0 Å². The first kappa shape index (κ1) is 14.8. The summed E-state index contributed by atoms with van der Waals surface area (Å²) in [6, 6.07) is 0. The van der Waals surface area contributed by atoms with Gasteiger partial charge in [-0.05, 0) is 51.1 Å². The number of esters is 1. The molecule has 0 aromatic carbocycles. The van der Waals surface area contributed by atoms with Gasteiger partial charge in [-0.15, -0.1) is 0 Å². The Morgan fingerprint density at radius 3 is 2.37 bits per heavy atom. The second-order valence-electron chi connectivity index (χ2n) is 6.05. The zero-order chi connectivity index (χ0) is 13.7. The van der Waals surface area contributed by atoms with Gasteiger partial charge in [-0.1, -0.05) is 13.3 Å². The molecule has 2 aliphatic rings. The van der Waals surface area contributed by atoms with Crippen LogP contribution in [-0.2, 0) is 14.3 Å². The van der Waals surface area contributed by atoms with Gasteiger partial charge in [0.05, 0.1) is 12.6 Å². The number of carbonyl (C=O) groups excluding carboxylic acids is 1. The molecule has 2 fully saturated rings. The fourth-order valence-corrected chi connectivity index (χ4v) is 3.08. The molecule has 1 heterocycles. The summed E-state index contributed by atoms with van der Waals surface area (Å²) < 4.78 is 11.0. The Balaban J connectivity index is 1.74. The number of likely N-dealkylation sites (tertiary alicyclic amines) is 1. The molecule has 1 saturated carbocycles. The zero-order valence-electron chi connectivity index (χ0n) is 12.3. The molecule has 19 heavy (non-hydrogen) atoms. The van der Waals surface area contributed by atoms with Crippen LogP contribution in [0.3, 0.4) is 0 Å². The first-order valence-corrected chi connectivity index (χ1v) is 7.63. The van der Waals surface area contributed by atoms with Gasteiger partial charge in [-0.25, -0.2) is 0 Å². The summed E-state index contributed by atoms with van der Waals surface area (Å²) in [5.41, 5.74) is 0. The third-order valence-electron chi connectivity index (χ3n) is 4.46. The molecule has 2 rings (SSSR count). The van der Waals surface area contributed by atoms with Crippen molar-refractivity contribution < 1.29 is 14.3 Å². The Bertz CT molecular complexity index is 287. The molecule has 0 radical (unpaired) electrons. The molecule has 1 saturated heterocycles. The summed E-state index contributed by atoms with van der Waals surface area (Å²) in [5, 5.41) is 0. The van der Waals surface area contributed by atoms with Crippen LogP contribution in [0.1, 0.15) is 45.4 Å². The van der Waals surface area contributed by atoms with Crippen molar-refractivity contribution in [2.45, 2.75) is 57.7 Å². The van der Waals surface area contributed by atoms with Crippen LogP contribution in [0.2, 0.25) is 0 Å². The van der Waals surface area contributed by atoms with Gasteiger partial charge in [-0.3, -0.25) is 9.69 Å². The summed E-state index contributed by atoms with van der Waals surface area (Å²) in [6.45, 7) is 4.77. The molecular formula is C15H27NO3. The lowest BCUT2D eigenvalue weighted by Gasteiger charge is -2.32. The smallest absolute Gasteiger partial charge is 0.320 e. The first-order valence-electron chi connectivity index (χ1n) is 7.63. The van der Waals surface area contributed by atoms with Crippen molar-refractivity contribution in [2.24, 2.45) is 5.92 Å². The maximum Gasteiger partial charge on any atom is 0.320 e. The highest BCUT2D eigenvalue weighted by Crippen LogP contribution is 2.23. The van der Waals surface area contributed by atoms with Crippen LogP contribution in [0.4, 0.5) is 0 Å². The Labute approximate surface area is 116 Å². The predicted octanol–water partition coefficient (Wildman–Crippen LogP) is 2.22. The van der Waals surface area contributed by atoms with E-state index in [0.29, 0.717) is 6.54 Å². The maximum absolute atomic E-state index is 12.0. The second kappa shape index (κ2) is 7.25. The third-order valence-corrected chi connectivity index (χ3v) is 4.46. The molecule has 0 amide bonds. The molecule has 2 atom stereocenters. The summed E-state index contributed by atoms with van der Waals surface area (Å²) >= 11 is 0. The van der Waals surface area contributed by atoms with Gasteiger partial charge in [0.25, 0.3) is 0 Å².